The molecule has 8 nitrogen and oxygen atoms in total. The van der Waals surface area contributed by atoms with Crippen LogP contribution in [0.5, 0.6) is 0 Å². The van der Waals surface area contributed by atoms with Gasteiger partial charge >= 0.3 is 98.8 Å². The van der Waals surface area contributed by atoms with E-state index in [4.69, 9.17) is 40.9 Å². The van der Waals surface area contributed by atoms with Gasteiger partial charge in [-0.1, -0.05) is 218 Å². The van der Waals surface area contributed by atoms with Crippen LogP contribution in [0.25, 0.3) is 0 Å². The fraction of sp³-hybridized carbons (Fsp3) is 1.00. The molecule has 8 fully saturated rings. The van der Waals surface area contributed by atoms with Gasteiger partial charge in [0.2, 0.25) is 0 Å². The highest BCUT2D eigenvalue weighted by atomic mass is 19.5. The molecule has 0 heterocycles. The smallest absolute Gasteiger partial charge is 0.374 e. The van der Waals surface area contributed by atoms with Crippen molar-refractivity contribution < 1.29 is 252 Å². The Morgan fingerprint density at radius 2 is 0.255 bits per heavy atom. The Bertz CT molecular complexity index is 2720. The topological polar surface area (TPSA) is 162 Å². The first kappa shape index (κ1) is 139. The molecule has 0 aromatic carbocycles. The summed E-state index contributed by atoms with van der Waals surface area (Å²) in [4.78, 5) is 0. The minimum atomic E-state index is -5.69. The van der Waals surface area contributed by atoms with Crippen LogP contribution >= 0.6 is 0 Å². The Labute approximate surface area is 783 Å². The minimum Gasteiger partial charge on any atom is -0.374 e. The van der Waals surface area contributed by atoms with Gasteiger partial charge in [0.1, 0.15) is 0 Å². The van der Waals surface area contributed by atoms with Crippen molar-refractivity contribution in [2.45, 2.75) is 469 Å². The van der Waals surface area contributed by atoms with Crippen molar-refractivity contribution in [2.75, 3.05) is 0 Å². The Morgan fingerprint density at radius 3 is 0.355 bits per heavy atom. The van der Waals surface area contributed by atoms with Crippen molar-refractivity contribution in [1.29, 1.82) is 0 Å². The largest absolute Gasteiger partial charge is 0.425 e. The van der Waals surface area contributed by atoms with Gasteiger partial charge in [0, 0.05) is 0 Å². The second-order valence-electron chi connectivity index (χ2n) is 38.4. The maximum absolute atomic E-state index is 11.4. The molecular weight excluding hydrogens is 2060 g/mol. The van der Waals surface area contributed by atoms with E-state index >= 15 is 0 Å². The zero-order valence-corrected chi connectivity index (χ0v) is 77.7. The number of rotatable bonds is 11. The lowest BCUT2D eigenvalue weighted by atomic mass is 9.49. The van der Waals surface area contributed by atoms with Crippen LogP contribution in [-0.4, -0.2) is 184 Å². The summed E-state index contributed by atoms with van der Waals surface area (Å²) in [5, 5.41) is 63.5. The van der Waals surface area contributed by atoms with Gasteiger partial charge in [0.25, 0.3) is 44.8 Å². The monoisotopic (exact) mass is 2190 g/mol. The molecule has 0 aliphatic heterocycles. The molecule has 8 aliphatic rings. The van der Waals surface area contributed by atoms with E-state index in [0.29, 0.717) is 0 Å². The molecule has 8 rings (SSSR count). The average molecular weight is 2190 g/mol. The summed E-state index contributed by atoms with van der Waals surface area (Å²) in [5.41, 5.74) is -36.2. The Morgan fingerprint density at radius 1 is 0.156 bits per heavy atom. The molecule has 0 aromatic rings. The number of hydrogen-bond donors (Lipinski definition) is 8. The van der Waals surface area contributed by atoms with Crippen molar-refractivity contribution in [3.05, 3.63) is 0 Å². The van der Waals surface area contributed by atoms with Crippen LogP contribution < -0.4 is 0 Å². The molecule has 0 atom stereocenters. The molecule has 0 amide bonds. The van der Waals surface area contributed by atoms with Gasteiger partial charge in [0.15, 0.2) is 0 Å². The SMILES string of the molecule is C1CCC(C(C2CCCCC2)C(C2CCCCC2)C2CCCCC2)CC1.C1CCC(CCC(C2CCCCC2)(C2CCCCC2)C2CCCCC2)CC1.CC(O)(C(F)(F)F)C(F)(F)F.CC(O)(C(F)(F)F)C(F)(F)F.CC(O)(C(F)(F)F)C(F)(F)F.CC(O)(C(F)(F)F)C(F)(F)F.CC(O)(C(F)(F)F)C(F)(F)F.CC(O)(C(F)(F)F)C(F)(F)F.CC(O)(C(F)(F)F)C(F)(F)F.CC(O)(C(F)(F)F)C(F)(F)F. The first-order valence-electron chi connectivity index (χ1n) is 45.2. The van der Waals surface area contributed by atoms with E-state index in [1.807, 2.05) is 0 Å². The number of aliphatic hydroxyl groups is 8. The van der Waals surface area contributed by atoms with E-state index in [1.165, 1.54) is 64.2 Å². The standard InChI is InChI=1S/C27H48.C26H46.8C4H4F6O/c1-5-13-23(14-6-1)21-22-27(24-15-7-2-8-16-24,25-17-9-3-10-18-25)26-19-11-4-12-20-26;1-5-13-21(14-6-1)25(22-15-7-2-8-16-22)26(23-17-9-3-10-18-23)24-19-11-4-12-20-24;8*1-2(11,3(5,6)7)4(8,9)10/h23-26H,1-22H2;21-26H,1-20H2;8*11H,1H3. The third-order valence-corrected chi connectivity index (χ3v) is 27.9. The van der Waals surface area contributed by atoms with Gasteiger partial charge in [-0.15, -0.1) is 0 Å². The molecule has 141 heavy (non-hydrogen) atoms. The van der Waals surface area contributed by atoms with E-state index in [9.17, 15) is 211 Å². The molecule has 8 saturated carbocycles. The van der Waals surface area contributed by atoms with Gasteiger partial charge in [-0.2, -0.15) is 211 Å². The highest BCUT2D eigenvalue weighted by Gasteiger charge is 2.74. The second-order valence-corrected chi connectivity index (χ2v) is 38.4. The molecule has 0 unspecified atom stereocenters. The number of hydrogen-bond acceptors (Lipinski definition) is 8. The van der Waals surface area contributed by atoms with Gasteiger partial charge in [-0.25, -0.2) is 0 Å². The zero-order chi connectivity index (χ0) is 112. The van der Waals surface area contributed by atoms with Crippen LogP contribution in [0, 0.1) is 64.6 Å². The third-order valence-electron chi connectivity index (χ3n) is 27.9. The third kappa shape index (κ3) is 39.9. The van der Waals surface area contributed by atoms with Gasteiger partial charge < -0.3 is 40.9 Å². The van der Waals surface area contributed by atoms with Crippen molar-refractivity contribution >= 4 is 0 Å². The maximum atomic E-state index is 11.4. The molecule has 0 radical (unpaired) electrons. The second kappa shape index (κ2) is 52.4. The first-order chi connectivity index (χ1) is 62.3. The van der Waals surface area contributed by atoms with E-state index in [1.54, 1.807) is 205 Å². The quantitative estimate of drug-likeness (QED) is 0.0949. The molecule has 850 valence electrons. The molecule has 8 aliphatic carbocycles. The molecule has 8 N–H and O–H groups in total. The molecule has 56 heteroatoms. The Balaban J connectivity index is 0. The molecule has 0 spiro atoms. The van der Waals surface area contributed by atoms with Crippen LogP contribution in [0.1, 0.15) is 325 Å². The van der Waals surface area contributed by atoms with Crippen LogP contribution in [0.4, 0.5) is 211 Å². The van der Waals surface area contributed by atoms with Gasteiger partial charge in [-0.3, -0.25) is 0 Å². The normalized spacial score (nSPS) is 20.3. The summed E-state index contributed by atoms with van der Waals surface area (Å²) in [6.07, 6.45) is -25.3. The summed E-state index contributed by atoms with van der Waals surface area (Å²) in [6.45, 7) is -2.72. The number of alkyl halides is 48. The van der Waals surface area contributed by atoms with Gasteiger partial charge in [-0.05, 0) is 171 Å². The molecule has 0 bridgehead atoms. The lowest BCUT2D eigenvalue weighted by Gasteiger charge is -2.56. The zero-order valence-electron chi connectivity index (χ0n) is 77.7. The number of halogens is 48. The summed E-state index contributed by atoms with van der Waals surface area (Å²) in [6, 6.07) is 0. The van der Waals surface area contributed by atoms with Gasteiger partial charge in [0.05, 0.1) is 0 Å². The summed E-state index contributed by atoms with van der Waals surface area (Å²) in [7, 11) is 0. The highest BCUT2D eigenvalue weighted by Crippen LogP contribution is 2.62. The lowest BCUT2D eigenvalue weighted by molar-refractivity contribution is -0.361. The molecule has 0 aromatic heterocycles. The van der Waals surface area contributed by atoms with E-state index < -0.39 is 144 Å². The average Bonchev–Trinajstić information content (AvgIpc) is 0.750. The molecule has 0 saturated heterocycles. The summed E-state index contributed by atoms with van der Waals surface area (Å²) in [5.74, 6) is 11.1. The van der Waals surface area contributed by atoms with Crippen LogP contribution in [0.15, 0.2) is 0 Å². The van der Waals surface area contributed by atoms with Crippen LogP contribution in [-0.2, 0) is 0 Å². The Hall–Kier alpha value is -3.68. The fourth-order valence-corrected chi connectivity index (χ4v) is 17.9. The highest BCUT2D eigenvalue weighted by molar-refractivity contribution is 5.02. The Kier molecular flexibility index (Phi) is 51.8. The predicted octanol–water partition coefficient (Wildman–Crippen LogP) is 32.5. The van der Waals surface area contributed by atoms with Crippen LogP contribution in [0.3, 0.4) is 0 Å². The predicted molar refractivity (Wildman–Crippen MR) is 413 cm³/mol. The first-order valence-corrected chi connectivity index (χ1v) is 45.2. The van der Waals surface area contributed by atoms with Crippen molar-refractivity contribution in [3.63, 3.8) is 0 Å². The van der Waals surface area contributed by atoms with Crippen molar-refractivity contribution in [3.8, 4) is 0 Å². The fourth-order valence-electron chi connectivity index (χ4n) is 17.9. The maximum Gasteiger partial charge on any atom is 0.425 e. The van der Waals surface area contributed by atoms with E-state index in [2.05, 4.69) is 0 Å². The van der Waals surface area contributed by atoms with Crippen molar-refractivity contribution in [2.24, 2.45) is 64.6 Å². The molecular formula is C85H126F48O8. The summed E-state index contributed by atoms with van der Waals surface area (Å²) < 4.78 is 545. The van der Waals surface area contributed by atoms with E-state index in [0.717, 1.165) is 64.6 Å². The van der Waals surface area contributed by atoms with Crippen LogP contribution in [0.2, 0.25) is 0 Å². The minimum absolute atomic E-state index is 0.340. The van der Waals surface area contributed by atoms with E-state index in [-0.39, 0.29) is 55.4 Å². The lowest BCUT2D eigenvalue weighted by Crippen LogP contribution is -2.54. The summed E-state index contributed by atoms with van der Waals surface area (Å²) >= 11 is 0. The van der Waals surface area contributed by atoms with Crippen molar-refractivity contribution in [1.82, 2.24) is 0 Å².